The topological polar surface area (TPSA) is 275 Å². The van der Waals surface area contributed by atoms with Crippen LogP contribution in [0, 0.1) is 29.1 Å². The van der Waals surface area contributed by atoms with Gasteiger partial charge in [0.15, 0.2) is 23.0 Å². The summed E-state index contributed by atoms with van der Waals surface area (Å²) in [5, 5.41) is 38.7. The Balaban J connectivity index is 0.694. The van der Waals surface area contributed by atoms with E-state index in [1.54, 1.807) is 29.3 Å². The number of hydrogen-bond acceptors (Lipinski definition) is 19. The molecular weight excluding hydrogens is 1050 g/mol. The highest BCUT2D eigenvalue weighted by atomic mass is 32.1. The van der Waals surface area contributed by atoms with E-state index in [9.17, 15) is 20.0 Å². The van der Waals surface area contributed by atoms with Crippen LogP contribution in [0.4, 0.5) is 5.00 Å². The van der Waals surface area contributed by atoms with E-state index >= 15 is 0 Å². The molecule has 6 aromatic heterocycles. The van der Waals surface area contributed by atoms with Crippen LogP contribution in [-0.4, -0.2) is 122 Å². The first-order valence-corrected chi connectivity index (χ1v) is 29.0. The van der Waals surface area contributed by atoms with Crippen molar-refractivity contribution in [1.82, 2.24) is 65.2 Å². The van der Waals surface area contributed by atoms with Gasteiger partial charge in [-0.15, -0.1) is 16.4 Å². The van der Waals surface area contributed by atoms with Crippen molar-refractivity contribution in [3.63, 3.8) is 0 Å². The van der Waals surface area contributed by atoms with Crippen LogP contribution in [0.1, 0.15) is 148 Å². The molecule has 0 bridgehead atoms. The predicted octanol–water partition coefficient (Wildman–Crippen LogP) is 8.01. The van der Waals surface area contributed by atoms with Crippen molar-refractivity contribution < 1.29 is 28.7 Å². The van der Waals surface area contributed by atoms with Gasteiger partial charge < -0.3 is 40.0 Å². The van der Waals surface area contributed by atoms with Crippen molar-refractivity contribution in [2.45, 2.75) is 141 Å². The van der Waals surface area contributed by atoms with Crippen molar-refractivity contribution in [3.8, 4) is 46.2 Å². The first-order valence-electron chi connectivity index (χ1n) is 28.1. The third-order valence-electron chi connectivity index (χ3n) is 17.3. The molecule has 2 aliphatic heterocycles. The average molecular weight is 1110 g/mol. The zero-order chi connectivity index (χ0) is 56.2. The fraction of sp³-hybridized carbons (Fsp3) is 0.492. The van der Waals surface area contributed by atoms with Crippen LogP contribution in [0.5, 0.6) is 17.5 Å². The number of β-amino-alcohol motifs (C(OH)–C–C–N with tert-alkyl or cyclic N) is 1. The first-order chi connectivity index (χ1) is 39.1. The lowest BCUT2D eigenvalue weighted by Crippen LogP contribution is -2.50. The number of aliphatic hydroxyl groups is 1. The molecule has 5 atom stereocenters. The standard InChI is InChI=1S/C59H67N15O6S/c1-34(36-10-12-37(13-11-36)43-27-64-33-65-35(43)2)66-55(76)45-22-39(75)28-73(45)56(77)51(57(3,4)5)74-29-44(69-71-74)38-14-20-72(21-15-38)30-58(18-19-58)31-78-47-23-48(79-40-25-62-32-63-26-40)68-54(67-47)50-41-8-6-16-59(52(41)80-70-50)17-7-9-46-49(59)42(24-60)53(61)81-46/h10-13,23,25-27,29,32-34,38-39,45,51,75H,6-9,14-22,28,30-31,61H2,1-5H3,(H,66,76)/t34-,39+,45-,51+,59-/m0/s1. The lowest BCUT2D eigenvalue weighted by molar-refractivity contribution is -0.144. The summed E-state index contributed by atoms with van der Waals surface area (Å²) >= 11 is 1.51. The normalized spacial score (nSPS) is 21.4. The van der Waals surface area contributed by atoms with Crippen LogP contribution in [0.3, 0.4) is 0 Å². The Hall–Kier alpha value is -7.74. The quantitative estimate of drug-likeness (QED) is 0.0876. The van der Waals surface area contributed by atoms with E-state index in [4.69, 9.17) is 29.7 Å². The summed E-state index contributed by atoms with van der Waals surface area (Å²) in [7, 11) is 0. The Morgan fingerprint density at radius 3 is 2.48 bits per heavy atom. The molecular formula is C59H67N15O6S. The average Bonchev–Trinajstić information content (AvgIpc) is 3.91. The number of nitrogens with two attached hydrogens (primary N) is 1. The first kappa shape index (κ1) is 53.9. The summed E-state index contributed by atoms with van der Waals surface area (Å²) in [5.74, 6) is 1.65. The van der Waals surface area contributed by atoms with Gasteiger partial charge in [0.2, 0.25) is 23.6 Å². The number of anilines is 1. The third kappa shape index (κ3) is 10.6. The highest BCUT2D eigenvalue weighted by Crippen LogP contribution is 2.55. The van der Waals surface area contributed by atoms with Gasteiger partial charge in [0.1, 0.15) is 35.8 Å². The summed E-state index contributed by atoms with van der Waals surface area (Å²) in [6.07, 6.45) is 17.9. The predicted molar refractivity (Wildman–Crippen MR) is 299 cm³/mol. The lowest BCUT2D eigenvalue weighted by atomic mass is 9.63. The van der Waals surface area contributed by atoms with Crippen LogP contribution in [-0.2, 0) is 27.8 Å². The third-order valence-corrected chi connectivity index (χ3v) is 18.3. The number of nitrogens with zero attached hydrogens (tertiary/aromatic N) is 13. The summed E-state index contributed by atoms with van der Waals surface area (Å²) in [5.41, 5.74) is 12.8. The molecule has 81 heavy (non-hydrogen) atoms. The second-order valence-electron chi connectivity index (χ2n) is 23.9. The molecule has 1 aromatic carbocycles. The van der Waals surface area contributed by atoms with Gasteiger partial charge in [0, 0.05) is 64.9 Å². The molecule has 2 amide bonds. The molecule has 12 rings (SSSR count). The second-order valence-corrected chi connectivity index (χ2v) is 25.1. The Morgan fingerprint density at radius 2 is 1.75 bits per heavy atom. The maximum atomic E-state index is 14.7. The smallest absolute Gasteiger partial charge is 0.248 e. The van der Waals surface area contributed by atoms with E-state index in [2.05, 4.69) is 51.7 Å². The van der Waals surface area contributed by atoms with Crippen LogP contribution >= 0.6 is 11.3 Å². The molecule has 420 valence electrons. The maximum absolute atomic E-state index is 14.7. The fourth-order valence-electron chi connectivity index (χ4n) is 12.9. The minimum atomic E-state index is -0.854. The molecule has 0 unspecified atom stereocenters. The number of rotatable bonds is 15. The molecule has 3 aliphatic carbocycles. The summed E-state index contributed by atoms with van der Waals surface area (Å²) < 4.78 is 20.8. The van der Waals surface area contributed by atoms with Gasteiger partial charge in [-0.1, -0.05) is 55.4 Å². The number of benzene rings is 1. The molecule has 3 fully saturated rings. The number of amides is 2. The highest BCUT2D eigenvalue weighted by Gasteiger charge is 2.50. The highest BCUT2D eigenvalue weighted by molar-refractivity contribution is 7.16. The van der Waals surface area contributed by atoms with Crippen molar-refractivity contribution in [3.05, 3.63) is 112 Å². The number of nitriles is 1. The molecule has 1 spiro atoms. The van der Waals surface area contributed by atoms with E-state index < -0.39 is 29.0 Å². The summed E-state index contributed by atoms with van der Waals surface area (Å²) in [6.45, 7) is 12.9. The number of hydrogen-bond donors (Lipinski definition) is 3. The maximum Gasteiger partial charge on any atom is 0.248 e. The molecule has 1 saturated carbocycles. The monoisotopic (exact) mass is 1110 g/mol. The van der Waals surface area contributed by atoms with Crippen LogP contribution in [0.2, 0.25) is 0 Å². The van der Waals surface area contributed by atoms with Gasteiger partial charge in [-0.2, -0.15) is 15.2 Å². The SMILES string of the molecule is Cc1ncncc1-c1ccc([C@H](C)NC(=O)[C@@H]2C[C@@H](O)CN2C(=O)[C@@H](n2cc(C3CCN(CC4(COc5cc(Oc6cncnc6)nc(-c6noc7c6CCC[C@@]76CCCc7sc(N)c(C#N)c76)n5)CC4)CC3)nn2)C(C)(C)C)cc1. The number of thiophene rings is 1. The summed E-state index contributed by atoms with van der Waals surface area (Å²) in [6, 6.07) is 10.0. The zero-order valence-electron chi connectivity index (χ0n) is 46.3. The Labute approximate surface area is 473 Å². The van der Waals surface area contributed by atoms with Crippen molar-refractivity contribution >= 4 is 28.2 Å². The number of piperidine rings is 1. The van der Waals surface area contributed by atoms with Crippen molar-refractivity contribution in [2.24, 2.45) is 10.8 Å². The number of aliphatic hydroxyl groups excluding tert-OH is 1. The van der Waals surface area contributed by atoms with Crippen molar-refractivity contribution in [2.75, 3.05) is 38.5 Å². The summed E-state index contributed by atoms with van der Waals surface area (Å²) in [4.78, 5) is 60.4. The van der Waals surface area contributed by atoms with Crippen LogP contribution < -0.4 is 20.5 Å². The van der Waals surface area contributed by atoms with Gasteiger partial charge in [-0.05, 0) is 113 Å². The number of likely N-dealkylation sites (tertiary alicyclic amines) is 2. The zero-order valence-corrected chi connectivity index (χ0v) is 47.2. The van der Waals surface area contributed by atoms with Gasteiger partial charge in [-0.3, -0.25) is 9.59 Å². The van der Waals surface area contributed by atoms with Gasteiger partial charge in [0.25, 0.3) is 0 Å². The minimum Gasteiger partial charge on any atom is -0.477 e. The molecule has 0 radical (unpaired) electrons. The fourth-order valence-corrected chi connectivity index (χ4v) is 14.1. The Kier molecular flexibility index (Phi) is 14.4. The molecule has 22 heteroatoms. The number of carbonyl (C=O) groups excluding carboxylic acids is 2. The minimum absolute atomic E-state index is 0.0441. The number of aryl methyl sites for hydroxylation is 2. The van der Waals surface area contributed by atoms with Gasteiger partial charge in [-0.25, -0.2) is 24.6 Å². The number of carbonyl (C=O) groups is 2. The largest absolute Gasteiger partial charge is 0.477 e. The van der Waals surface area contributed by atoms with Gasteiger partial charge >= 0.3 is 0 Å². The number of fused-ring (bicyclic) bond motifs is 4. The number of ether oxygens (including phenoxy) is 2. The molecule has 2 saturated heterocycles. The second kappa shape index (κ2) is 21.6. The van der Waals surface area contributed by atoms with E-state index in [-0.39, 0.29) is 48.0 Å². The molecule has 7 aromatic rings. The van der Waals surface area contributed by atoms with Crippen molar-refractivity contribution in [1.29, 1.82) is 5.26 Å². The van der Waals surface area contributed by atoms with E-state index in [1.165, 1.54) is 28.9 Å². The van der Waals surface area contributed by atoms with Crippen LogP contribution in [0.15, 0.2) is 72.3 Å². The van der Waals surface area contributed by atoms with E-state index in [0.29, 0.717) is 40.3 Å². The number of nitrogens with one attached hydrogen (secondary N) is 1. The van der Waals surface area contributed by atoms with Crippen LogP contribution in [0.25, 0.3) is 22.6 Å². The molecule has 5 aliphatic rings. The lowest BCUT2D eigenvalue weighted by Gasteiger charge is -2.39. The van der Waals surface area contributed by atoms with E-state index in [1.807, 2.05) is 65.1 Å². The Morgan fingerprint density at radius 1 is 1.01 bits per heavy atom. The number of nitrogen functional groups attached to an aromatic ring is 1. The van der Waals surface area contributed by atoms with E-state index in [0.717, 1.165) is 134 Å². The molecule has 4 N–H and O–H groups in total. The molecule has 21 nitrogen and oxygen atoms in total. The number of aromatic nitrogens is 10. The Bertz CT molecular complexity index is 3500. The molecule has 8 heterocycles. The van der Waals surface area contributed by atoms with Gasteiger partial charge in [0.05, 0.1) is 53.9 Å².